The van der Waals surface area contributed by atoms with E-state index in [2.05, 4.69) is 66.2 Å². The SMILES string of the molecule is Cc1[nH]c(C=C2C(=O)Nc3ccc(Br)cc32)c(C)c1CCCN1CCOCC1.O=C1Cc2cc(Br)ccc2N1. The van der Waals surface area contributed by atoms with Crippen LogP contribution in [0.2, 0.25) is 0 Å². The summed E-state index contributed by atoms with van der Waals surface area (Å²) in [4.78, 5) is 29.3. The van der Waals surface area contributed by atoms with Crippen molar-refractivity contribution >= 4 is 66.7 Å². The lowest BCUT2D eigenvalue weighted by Gasteiger charge is -2.26. The minimum absolute atomic E-state index is 0.0476. The summed E-state index contributed by atoms with van der Waals surface area (Å²) in [5, 5.41) is 5.71. The van der Waals surface area contributed by atoms with Gasteiger partial charge in [0.05, 0.1) is 25.2 Å². The Hall–Kier alpha value is -2.72. The number of hydrogen-bond acceptors (Lipinski definition) is 4. The van der Waals surface area contributed by atoms with Gasteiger partial charge in [-0.2, -0.15) is 0 Å². The maximum atomic E-state index is 12.5. The molecule has 2 amide bonds. The van der Waals surface area contributed by atoms with Crippen molar-refractivity contribution in [1.82, 2.24) is 9.88 Å². The predicted octanol–water partition coefficient (Wildman–Crippen LogP) is 6.10. The number of anilines is 2. The van der Waals surface area contributed by atoms with Gasteiger partial charge in [0, 0.05) is 50.4 Å². The fourth-order valence-electron chi connectivity index (χ4n) is 5.28. The zero-order valence-corrected chi connectivity index (χ0v) is 25.3. The van der Waals surface area contributed by atoms with Gasteiger partial charge in [-0.15, -0.1) is 0 Å². The number of hydrogen-bond donors (Lipinski definition) is 3. The molecule has 0 unspecified atom stereocenters. The lowest BCUT2D eigenvalue weighted by Crippen LogP contribution is -2.36. The molecule has 39 heavy (non-hydrogen) atoms. The standard InChI is InChI=1S/C22H26BrN3O2.C8H6BrNO/c1-14-17(4-3-7-26-8-10-28-11-9-26)15(2)24-21(14)13-19-18-12-16(23)5-6-20(18)25-22(19)27;9-6-1-2-7-5(3-6)4-8(11)10-7/h5-6,12-13,24H,3-4,7-11H2,1-2H3,(H,25,27);1-3H,4H2,(H,10,11). The normalized spacial score (nSPS) is 17.4. The minimum Gasteiger partial charge on any atom is -0.379 e. The first-order valence-corrected chi connectivity index (χ1v) is 14.8. The van der Waals surface area contributed by atoms with Crippen molar-refractivity contribution in [3.63, 3.8) is 0 Å². The highest BCUT2D eigenvalue weighted by atomic mass is 79.9. The first-order chi connectivity index (χ1) is 18.8. The zero-order valence-electron chi connectivity index (χ0n) is 22.1. The van der Waals surface area contributed by atoms with Crippen LogP contribution in [0.3, 0.4) is 0 Å². The summed E-state index contributed by atoms with van der Waals surface area (Å²) in [6, 6.07) is 11.7. The summed E-state index contributed by atoms with van der Waals surface area (Å²) in [5.74, 6) is 0.0340. The van der Waals surface area contributed by atoms with Crippen LogP contribution in [0.4, 0.5) is 11.4 Å². The predicted molar refractivity (Wildman–Crippen MR) is 163 cm³/mol. The zero-order chi connectivity index (χ0) is 27.5. The van der Waals surface area contributed by atoms with E-state index in [0.29, 0.717) is 12.0 Å². The van der Waals surface area contributed by atoms with Gasteiger partial charge in [0.2, 0.25) is 5.91 Å². The highest BCUT2D eigenvalue weighted by Gasteiger charge is 2.25. The highest BCUT2D eigenvalue weighted by Crippen LogP contribution is 2.36. The monoisotopic (exact) mass is 654 g/mol. The molecule has 0 bridgehead atoms. The number of nitrogens with one attached hydrogen (secondary N) is 3. The van der Waals surface area contributed by atoms with Crippen LogP contribution < -0.4 is 10.6 Å². The number of nitrogens with zero attached hydrogens (tertiary/aromatic N) is 1. The van der Waals surface area contributed by atoms with Crippen molar-refractivity contribution in [3.05, 3.63) is 79.0 Å². The molecule has 3 aromatic rings. The van der Waals surface area contributed by atoms with Gasteiger partial charge in [-0.05, 0) is 92.4 Å². The Morgan fingerprint density at radius 3 is 2.46 bits per heavy atom. The number of carbonyl (C=O) groups excluding carboxylic acids is 2. The number of ether oxygens (including phenoxy) is 1. The first kappa shape index (κ1) is 27.8. The number of carbonyl (C=O) groups is 2. The number of aromatic nitrogens is 1. The average Bonchev–Trinajstić information content (AvgIpc) is 3.52. The number of fused-ring (bicyclic) bond motifs is 2. The molecule has 3 N–H and O–H groups in total. The largest absolute Gasteiger partial charge is 0.379 e. The molecule has 0 spiro atoms. The smallest absolute Gasteiger partial charge is 0.256 e. The molecule has 0 atom stereocenters. The van der Waals surface area contributed by atoms with Crippen LogP contribution in [0.5, 0.6) is 0 Å². The van der Waals surface area contributed by atoms with Gasteiger partial charge in [0.15, 0.2) is 0 Å². The van der Waals surface area contributed by atoms with E-state index in [-0.39, 0.29) is 11.8 Å². The van der Waals surface area contributed by atoms with Crippen LogP contribution >= 0.6 is 31.9 Å². The van der Waals surface area contributed by atoms with Crippen molar-refractivity contribution in [2.75, 3.05) is 43.5 Å². The molecule has 1 aromatic heterocycles. The van der Waals surface area contributed by atoms with E-state index >= 15 is 0 Å². The molecular formula is C30H32Br2N4O3. The van der Waals surface area contributed by atoms with E-state index < -0.39 is 0 Å². The van der Waals surface area contributed by atoms with Crippen molar-refractivity contribution in [2.45, 2.75) is 33.1 Å². The van der Waals surface area contributed by atoms with Gasteiger partial charge in [0.25, 0.3) is 5.91 Å². The molecule has 4 heterocycles. The molecule has 0 saturated carbocycles. The molecule has 3 aliphatic rings. The maximum Gasteiger partial charge on any atom is 0.256 e. The van der Waals surface area contributed by atoms with Gasteiger partial charge in [0.1, 0.15) is 0 Å². The van der Waals surface area contributed by atoms with E-state index in [9.17, 15) is 9.59 Å². The Labute approximate surface area is 245 Å². The number of aryl methyl sites for hydroxylation is 1. The van der Waals surface area contributed by atoms with Crippen molar-refractivity contribution < 1.29 is 14.3 Å². The van der Waals surface area contributed by atoms with Gasteiger partial charge >= 0.3 is 0 Å². The van der Waals surface area contributed by atoms with Gasteiger partial charge < -0.3 is 20.4 Å². The third-order valence-corrected chi connectivity index (χ3v) is 8.37. The number of rotatable bonds is 5. The van der Waals surface area contributed by atoms with Crippen LogP contribution in [0.15, 0.2) is 45.3 Å². The number of amides is 2. The number of aromatic amines is 1. The van der Waals surface area contributed by atoms with Crippen LogP contribution in [-0.4, -0.2) is 54.5 Å². The molecule has 2 aromatic carbocycles. The third-order valence-electron chi connectivity index (χ3n) is 7.38. The number of halogens is 2. The fourth-order valence-corrected chi connectivity index (χ4v) is 6.05. The van der Waals surface area contributed by atoms with Crippen LogP contribution in [0.1, 0.15) is 40.1 Å². The molecule has 1 fully saturated rings. The van der Waals surface area contributed by atoms with E-state index in [4.69, 9.17) is 4.74 Å². The molecule has 204 valence electrons. The molecule has 9 heteroatoms. The summed E-state index contributed by atoms with van der Waals surface area (Å²) in [6.07, 6.45) is 4.67. The summed E-state index contributed by atoms with van der Waals surface area (Å²) in [7, 11) is 0. The Morgan fingerprint density at radius 1 is 0.974 bits per heavy atom. The Balaban J connectivity index is 0.000000233. The molecule has 6 rings (SSSR count). The Kier molecular flexibility index (Phi) is 8.71. The summed E-state index contributed by atoms with van der Waals surface area (Å²) < 4.78 is 7.41. The summed E-state index contributed by atoms with van der Waals surface area (Å²) >= 11 is 6.85. The topological polar surface area (TPSA) is 86.5 Å². The Morgan fingerprint density at radius 2 is 1.69 bits per heavy atom. The van der Waals surface area contributed by atoms with Crippen LogP contribution in [0.25, 0.3) is 11.6 Å². The molecule has 0 aliphatic carbocycles. The van der Waals surface area contributed by atoms with Crippen molar-refractivity contribution in [3.8, 4) is 0 Å². The quantitative estimate of drug-likeness (QED) is 0.290. The summed E-state index contributed by atoms with van der Waals surface area (Å²) in [6.45, 7) is 9.14. The molecule has 7 nitrogen and oxygen atoms in total. The lowest BCUT2D eigenvalue weighted by molar-refractivity contribution is -0.115. The highest BCUT2D eigenvalue weighted by molar-refractivity contribution is 9.10. The van der Waals surface area contributed by atoms with E-state index in [0.717, 1.165) is 82.8 Å². The van der Waals surface area contributed by atoms with E-state index in [1.807, 2.05) is 42.5 Å². The lowest BCUT2D eigenvalue weighted by atomic mass is 10.0. The Bertz CT molecular complexity index is 1440. The van der Waals surface area contributed by atoms with Crippen molar-refractivity contribution in [1.29, 1.82) is 0 Å². The second-order valence-corrected chi connectivity index (χ2v) is 11.9. The molecule has 0 radical (unpaired) electrons. The van der Waals surface area contributed by atoms with E-state index in [1.54, 1.807) is 0 Å². The average molecular weight is 656 g/mol. The molecule has 1 saturated heterocycles. The van der Waals surface area contributed by atoms with Crippen molar-refractivity contribution in [2.24, 2.45) is 0 Å². The number of H-pyrrole nitrogens is 1. The second-order valence-electron chi connectivity index (χ2n) is 10.1. The maximum absolute atomic E-state index is 12.5. The van der Waals surface area contributed by atoms with Gasteiger partial charge in [-0.1, -0.05) is 31.9 Å². The summed E-state index contributed by atoms with van der Waals surface area (Å²) in [5.41, 5.74) is 9.36. The fraction of sp³-hybridized carbons (Fsp3) is 0.333. The first-order valence-electron chi connectivity index (χ1n) is 13.2. The minimum atomic E-state index is -0.0476. The van der Waals surface area contributed by atoms with E-state index in [1.165, 1.54) is 16.8 Å². The second kappa shape index (κ2) is 12.2. The van der Waals surface area contributed by atoms with Crippen LogP contribution in [-0.2, 0) is 27.2 Å². The number of benzene rings is 2. The third kappa shape index (κ3) is 6.54. The van der Waals surface area contributed by atoms with Crippen LogP contribution in [0, 0.1) is 13.8 Å². The molecular weight excluding hydrogens is 624 g/mol. The van der Waals surface area contributed by atoms with Gasteiger partial charge in [-0.25, -0.2) is 0 Å². The number of morpholine rings is 1. The van der Waals surface area contributed by atoms with Gasteiger partial charge in [-0.3, -0.25) is 14.5 Å². The molecule has 3 aliphatic heterocycles.